The molecule has 0 bridgehead atoms. The van der Waals surface area contributed by atoms with Crippen LogP contribution in [0.4, 0.5) is 0 Å². The van der Waals surface area contributed by atoms with Gasteiger partial charge in [-0.3, -0.25) is 4.79 Å². The molecule has 4 heteroatoms. The third-order valence-corrected chi connectivity index (χ3v) is 5.54. The summed E-state index contributed by atoms with van der Waals surface area (Å²) in [7, 11) is 0. The molecule has 0 radical (unpaired) electrons. The summed E-state index contributed by atoms with van der Waals surface area (Å²) < 4.78 is 11.4. The molecule has 2 fully saturated rings. The van der Waals surface area contributed by atoms with Crippen LogP contribution in [0, 0.1) is 18.8 Å². The molecule has 2 atom stereocenters. The van der Waals surface area contributed by atoms with Crippen molar-refractivity contribution < 1.29 is 13.9 Å². The Labute approximate surface area is 155 Å². The Kier molecular flexibility index (Phi) is 5.11. The van der Waals surface area contributed by atoms with E-state index in [1.807, 2.05) is 4.90 Å². The molecule has 138 valence electrons. The number of carbonyl (C=O) groups excluding carboxylic acids is 1. The van der Waals surface area contributed by atoms with Crippen molar-refractivity contribution in [3.63, 3.8) is 0 Å². The summed E-state index contributed by atoms with van der Waals surface area (Å²) in [5.41, 5.74) is 3.24. The molecule has 4 rings (SSSR count). The van der Waals surface area contributed by atoms with Gasteiger partial charge in [0.1, 0.15) is 6.26 Å². The largest absolute Gasteiger partial charge is 0.472 e. The molecule has 4 nitrogen and oxygen atoms in total. The first-order valence-electron chi connectivity index (χ1n) is 9.67. The molecule has 1 saturated carbocycles. The van der Waals surface area contributed by atoms with Crippen molar-refractivity contribution >= 4 is 5.91 Å². The van der Waals surface area contributed by atoms with Gasteiger partial charge in [0.15, 0.2) is 0 Å². The number of likely N-dealkylation sites (tertiary alicyclic amines) is 1. The minimum Gasteiger partial charge on any atom is -0.472 e. The summed E-state index contributed by atoms with van der Waals surface area (Å²) in [5, 5.41) is 0. The summed E-state index contributed by atoms with van der Waals surface area (Å²) >= 11 is 0. The number of nitrogens with zero attached hydrogens (tertiary/aromatic N) is 1. The average Bonchev–Trinajstić information content (AvgIpc) is 3.31. The van der Waals surface area contributed by atoms with Gasteiger partial charge in [-0.1, -0.05) is 29.8 Å². The van der Waals surface area contributed by atoms with Crippen LogP contribution in [-0.2, 0) is 11.2 Å². The molecule has 2 aromatic rings. The van der Waals surface area contributed by atoms with Crippen LogP contribution in [0.25, 0.3) is 0 Å². The van der Waals surface area contributed by atoms with Gasteiger partial charge in [-0.25, -0.2) is 0 Å². The van der Waals surface area contributed by atoms with Crippen LogP contribution in [-0.4, -0.2) is 36.6 Å². The van der Waals surface area contributed by atoms with Crippen molar-refractivity contribution in [2.45, 2.75) is 38.7 Å². The first kappa shape index (κ1) is 17.3. The van der Waals surface area contributed by atoms with Gasteiger partial charge in [0.25, 0.3) is 5.91 Å². The lowest BCUT2D eigenvalue weighted by molar-refractivity contribution is -0.0326. The Morgan fingerprint density at radius 1 is 1.27 bits per heavy atom. The molecule has 1 aliphatic heterocycles. The molecule has 1 aliphatic carbocycles. The molecule has 2 heterocycles. The first-order chi connectivity index (χ1) is 12.7. The van der Waals surface area contributed by atoms with E-state index < -0.39 is 0 Å². The minimum absolute atomic E-state index is 0.0636. The number of piperidine rings is 1. The van der Waals surface area contributed by atoms with Gasteiger partial charge in [-0.15, -0.1) is 0 Å². The number of benzene rings is 1. The minimum atomic E-state index is 0.0636. The maximum atomic E-state index is 12.7. The lowest BCUT2D eigenvalue weighted by Gasteiger charge is -2.38. The highest BCUT2D eigenvalue weighted by atomic mass is 16.5. The van der Waals surface area contributed by atoms with Crippen molar-refractivity contribution in [3.8, 4) is 0 Å². The molecule has 1 aromatic carbocycles. The molecule has 2 aliphatic rings. The monoisotopic (exact) mass is 353 g/mol. The molecule has 26 heavy (non-hydrogen) atoms. The maximum absolute atomic E-state index is 12.7. The van der Waals surface area contributed by atoms with Crippen molar-refractivity contribution in [2.24, 2.45) is 11.8 Å². The van der Waals surface area contributed by atoms with Gasteiger partial charge < -0.3 is 14.1 Å². The second-order valence-electron chi connectivity index (χ2n) is 7.82. The zero-order valence-electron chi connectivity index (χ0n) is 15.4. The zero-order valence-corrected chi connectivity index (χ0v) is 15.4. The van der Waals surface area contributed by atoms with Crippen LogP contribution in [0.3, 0.4) is 0 Å². The fraction of sp³-hybridized carbons (Fsp3) is 0.500. The summed E-state index contributed by atoms with van der Waals surface area (Å²) in [6.45, 7) is 4.50. The van der Waals surface area contributed by atoms with E-state index in [0.29, 0.717) is 11.5 Å². The number of carbonyl (C=O) groups is 1. The van der Waals surface area contributed by atoms with Gasteiger partial charge in [0.05, 0.1) is 17.9 Å². The molecule has 0 unspecified atom stereocenters. The van der Waals surface area contributed by atoms with Gasteiger partial charge in [-0.05, 0) is 50.2 Å². The van der Waals surface area contributed by atoms with Crippen LogP contribution >= 0.6 is 0 Å². The molecule has 0 spiro atoms. The third kappa shape index (κ3) is 4.18. The van der Waals surface area contributed by atoms with E-state index in [2.05, 4.69) is 31.2 Å². The van der Waals surface area contributed by atoms with E-state index >= 15 is 0 Å². The standard InChI is InChI=1S/C22H27NO3/c1-16-3-2-4-18(11-16)12-20-13-23(22(24)19-8-10-25-15-19)9-7-21(20)26-14-17-5-6-17/h2-4,8,10-11,15,17,20-21H,5-7,9,12-14H2,1H3/t20-,21-/m0/s1. The smallest absolute Gasteiger partial charge is 0.257 e. The number of aryl methyl sites for hydroxylation is 1. The number of furan rings is 1. The lowest BCUT2D eigenvalue weighted by Crippen LogP contribution is -2.47. The van der Waals surface area contributed by atoms with Crippen molar-refractivity contribution in [1.82, 2.24) is 4.90 Å². The van der Waals surface area contributed by atoms with Gasteiger partial charge in [0, 0.05) is 25.6 Å². The van der Waals surface area contributed by atoms with Gasteiger partial charge in [-0.2, -0.15) is 0 Å². The number of ether oxygens (including phenoxy) is 1. The Balaban J connectivity index is 1.46. The predicted molar refractivity (Wildman–Crippen MR) is 100 cm³/mol. The molecule has 1 amide bonds. The fourth-order valence-corrected chi connectivity index (χ4v) is 3.87. The van der Waals surface area contributed by atoms with E-state index in [4.69, 9.17) is 9.15 Å². The third-order valence-electron chi connectivity index (χ3n) is 5.54. The number of amides is 1. The van der Waals surface area contributed by atoms with Crippen molar-refractivity contribution in [3.05, 3.63) is 59.5 Å². The Bertz CT molecular complexity index is 736. The van der Waals surface area contributed by atoms with Crippen molar-refractivity contribution in [1.29, 1.82) is 0 Å². The zero-order chi connectivity index (χ0) is 17.9. The first-order valence-corrected chi connectivity index (χ1v) is 9.67. The second kappa shape index (κ2) is 7.67. The van der Waals surface area contributed by atoms with Gasteiger partial charge in [0.2, 0.25) is 0 Å². The summed E-state index contributed by atoms with van der Waals surface area (Å²) in [6.07, 6.45) is 7.81. The van der Waals surface area contributed by atoms with E-state index in [-0.39, 0.29) is 12.0 Å². The molecular weight excluding hydrogens is 326 g/mol. The highest BCUT2D eigenvalue weighted by Crippen LogP contribution is 2.32. The topological polar surface area (TPSA) is 42.7 Å². The predicted octanol–water partition coefficient (Wildman–Crippen LogP) is 4.09. The Morgan fingerprint density at radius 2 is 2.15 bits per heavy atom. The highest BCUT2D eigenvalue weighted by Gasteiger charge is 2.34. The van der Waals surface area contributed by atoms with E-state index in [1.165, 1.54) is 30.2 Å². The SMILES string of the molecule is Cc1cccc(C[C@H]2CN(C(=O)c3ccoc3)CC[C@@H]2OCC2CC2)c1. The van der Waals surface area contributed by atoms with Crippen LogP contribution in [0.1, 0.15) is 40.7 Å². The number of rotatable bonds is 6. The average molecular weight is 353 g/mol. The van der Waals surface area contributed by atoms with E-state index in [0.717, 1.165) is 38.5 Å². The van der Waals surface area contributed by atoms with E-state index in [1.54, 1.807) is 12.3 Å². The molecule has 1 saturated heterocycles. The van der Waals surface area contributed by atoms with Gasteiger partial charge >= 0.3 is 0 Å². The Hall–Kier alpha value is -2.07. The summed E-state index contributed by atoms with van der Waals surface area (Å²) in [6, 6.07) is 10.4. The summed E-state index contributed by atoms with van der Waals surface area (Å²) in [4.78, 5) is 14.7. The maximum Gasteiger partial charge on any atom is 0.257 e. The van der Waals surface area contributed by atoms with Crippen LogP contribution in [0.2, 0.25) is 0 Å². The van der Waals surface area contributed by atoms with Crippen LogP contribution < -0.4 is 0 Å². The van der Waals surface area contributed by atoms with Crippen molar-refractivity contribution in [2.75, 3.05) is 19.7 Å². The second-order valence-corrected chi connectivity index (χ2v) is 7.82. The Morgan fingerprint density at radius 3 is 2.88 bits per heavy atom. The highest BCUT2D eigenvalue weighted by molar-refractivity contribution is 5.93. The fourth-order valence-electron chi connectivity index (χ4n) is 3.87. The molecule has 1 aromatic heterocycles. The summed E-state index contributed by atoms with van der Waals surface area (Å²) in [5.74, 6) is 1.16. The van der Waals surface area contributed by atoms with Crippen LogP contribution in [0.15, 0.2) is 47.3 Å². The normalized spacial score (nSPS) is 23.2. The molecule has 0 N–H and O–H groups in total. The van der Waals surface area contributed by atoms with E-state index in [9.17, 15) is 4.79 Å². The number of hydrogen-bond acceptors (Lipinski definition) is 3. The molecular formula is C22H27NO3. The number of hydrogen-bond donors (Lipinski definition) is 0. The van der Waals surface area contributed by atoms with Crippen LogP contribution in [0.5, 0.6) is 0 Å². The lowest BCUT2D eigenvalue weighted by atomic mass is 9.88. The quantitative estimate of drug-likeness (QED) is 0.786.